The van der Waals surface area contributed by atoms with Crippen molar-refractivity contribution >= 4 is 27.8 Å². The Morgan fingerprint density at radius 2 is 1.96 bits per heavy atom. The third kappa shape index (κ3) is 4.24. The molecule has 1 fully saturated rings. The average molecular weight is 331 g/mol. The Morgan fingerprint density at radius 3 is 2.65 bits per heavy atom. The molecule has 0 aliphatic carbocycles. The number of thiazole rings is 1. The van der Waals surface area contributed by atoms with Gasteiger partial charge in [-0.25, -0.2) is 4.98 Å². The van der Waals surface area contributed by atoms with Crippen LogP contribution in [0.2, 0.25) is 0 Å². The van der Waals surface area contributed by atoms with E-state index in [1.807, 2.05) is 0 Å². The van der Waals surface area contributed by atoms with E-state index in [2.05, 4.69) is 59.0 Å². The topological polar surface area (TPSA) is 40.2 Å². The van der Waals surface area contributed by atoms with Crippen LogP contribution >= 0.6 is 11.3 Å². The van der Waals surface area contributed by atoms with Crippen molar-refractivity contribution in [1.82, 2.24) is 10.3 Å². The number of anilines is 3. The third-order valence-electron chi connectivity index (χ3n) is 4.26. The molecule has 1 atom stereocenters. The van der Waals surface area contributed by atoms with Gasteiger partial charge in [-0.1, -0.05) is 6.92 Å². The molecular weight excluding hydrogens is 304 g/mol. The van der Waals surface area contributed by atoms with Crippen molar-refractivity contribution in [3.8, 4) is 0 Å². The molecule has 2 N–H and O–H groups in total. The number of rotatable bonds is 7. The second-order valence-electron chi connectivity index (χ2n) is 6.12. The zero-order chi connectivity index (χ0) is 16.1. The summed E-state index contributed by atoms with van der Waals surface area (Å²) in [6, 6.07) is 9.00. The van der Waals surface area contributed by atoms with Gasteiger partial charge in [0.2, 0.25) is 0 Å². The molecule has 2 heterocycles. The monoisotopic (exact) mass is 330 g/mol. The summed E-state index contributed by atoms with van der Waals surface area (Å²) in [5, 5.41) is 9.98. The molecule has 0 spiro atoms. The second-order valence-corrected chi connectivity index (χ2v) is 6.98. The highest BCUT2D eigenvalue weighted by molar-refractivity contribution is 7.13. The summed E-state index contributed by atoms with van der Waals surface area (Å²) >= 11 is 1.66. The lowest BCUT2D eigenvalue weighted by Gasteiger charge is -2.17. The summed E-state index contributed by atoms with van der Waals surface area (Å²) in [5.41, 5.74) is 3.54. The lowest BCUT2D eigenvalue weighted by atomic mass is 10.2. The summed E-state index contributed by atoms with van der Waals surface area (Å²) in [4.78, 5) is 7.14. The molecule has 4 nitrogen and oxygen atoms in total. The fourth-order valence-electron chi connectivity index (χ4n) is 2.86. The molecular formula is C18H26N4S. The minimum Gasteiger partial charge on any atom is -0.372 e. The predicted molar refractivity (Wildman–Crippen MR) is 100.0 cm³/mol. The summed E-state index contributed by atoms with van der Waals surface area (Å²) in [7, 11) is 0. The van der Waals surface area contributed by atoms with Gasteiger partial charge in [0.1, 0.15) is 0 Å². The zero-order valence-corrected chi connectivity index (χ0v) is 14.8. The van der Waals surface area contributed by atoms with E-state index in [-0.39, 0.29) is 0 Å². The minimum atomic E-state index is 0.305. The standard InChI is InChI=1S/C18H26N4S/c1-3-10-19-14(2)17-13-23-18(21-17)20-15-6-8-16(9-7-15)22-11-4-5-12-22/h6-9,13-14,19H,3-5,10-12H2,1-2H3,(H,20,21). The highest BCUT2D eigenvalue weighted by atomic mass is 32.1. The SMILES string of the molecule is CCCNC(C)c1csc(Nc2ccc(N3CCCC3)cc2)n1. The van der Waals surface area contributed by atoms with Gasteiger partial charge in [-0.3, -0.25) is 0 Å². The normalized spacial score (nSPS) is 15.8. The molecule has 1 aliphatic heterocycles. The summed E-state index contributed by atoms with van der Waals surface area (Å²) in [6.07, 6.45) is 3.77. The van der Waals surface area contributed by atoms with Gasteiger partial charge < -0.3 is 15.5 Å². The first-order valence-electron chi connectivity index (χ1n) is 8.57. The molecule has 0 saturated carbocycles. The van der Waals surface area contributed by atoms with E-state index >= 15 is 0 Å². The Morgan fingerprint density at radius 1 is 1.22 bits per heavy atom. The molecule has 3 rings (SSSR count). The zero-order valence-electron chi connectivity index (χ0n) is 14.0. The first kappa shape index (κ1) is 16.3. The first-order valence-corrected chi connectivity index (χ1v) is 9.45. The molecule has 5 heteroatoms. The van der Waals surface area contributed by atoms with Crippen LogP contribution in [-0.4, -0.2) is 24.6 Å². The van der Waals surface area contributed by atoms with Gasteiger partial charge in [-0.15, -0.1) is 11.3 Å². The highest BCUT2D eigenvalue weighted by Crippen LogP contribution is 2.26. The maximum atomic E-state index is 4.69. The molecule has 1 aliphatic rings. The van der Waals surface area contributed by atoms with E-state index in [9.17, 15) is 0 Å². The molecule has 124 valence electrons. The van der Waals surface area contributed by atoms with E-state index in [0.717, 1.165) is 29.5 Å². The molecule has 0 bridgehead atoms. The lowest BCUT2D eigenvalue weighted by Crippen LogP contribution is -2.19. The van der Waals surface area contributed by atoms with Crippen molar-refractivity contribution in [3.63, 3.8) is 0 Å². The number of hydrogen-bond acceptors (Lipinski definition) is 5. The van der Waals surface area contributed by atoms with Crippen LogP contribution in [0.3, 0.4) is 0 Å². The lowest BCUT2D eigenvalue weighted by molar-refractivity contribution is 0.561. The Kier molecular flexibility index (Phi) is 5.51. The number of benzene rings is 1. The summed E-state index contributed by atoms with van der Waals surface area (Å²) < 4.78 is 0. The summed E-state index contributed by atoms with van der Waals surface area (Å²) in [6.45, 7) is 7.74. The fraction of sp³-hybridized carbons (Fsp3) is 0.500. The number of hydrogen-bond donors (Lipinski definition) is 2. The van der Waals surface area contributed by atoms with Crippen LogP contribution < -0.4 is 15.5 Å². The van der Waals surface area contributed by atoms with Gasteiger partial charge in [-0.2, -0.15) is 0 Å². The van der Waals surface area contributed by atoms with Crippen LogP contribution in [-0.2, 0) is 0 Å². The van der Waals surface area contributed by atoms with Crippen molar-refractivity contribution in [1.29, 1.82) is 0 Å². The van der Waals surface area contributed by atoms with Crippen molar-refractivity contribution in [2.45, 2.75) is 39.2 Å². The van der Waals surface area contributed by atoms with Crippen molar-refractivity contribution in [2.24, 2.45) is 0 Å². The van der Waals surface area contributed by atoms with Crippen molar-refractivity contribution < 1.29 is 0 Å². The Bertz CT molecular complexity index is 602. The smallest absolute Gasteiger partial charge is 0.187 e. The first-order chi connectivity index (χ1) is 11.3. The van der Waals surface area contributed by atoms with Gasteiger partial charge >= 0.3 is 0 Å². The fourth-order valence-corrected chi connectivity index (χ4v) is 3.69. The van der Waals surface area contributed by atoms with Crippen LogP contribution in [0.25, 0.3) is 0 Å². The van der Waals surface area contributed by atoms with Gasteiger partial charge in [0.15, 0.2) is 5.13 Å². The third-order valence-corrected chi connectivity index (χ3v) is 5.03. The maximum absolute atomic E-state index is 4.69. The molecule has 0 amide bonds. The molecule has 1 unspecified atom stereocenters. The molecule has 1 saturated heterocycles. The average Bonchev–Trinajstić information content (AvgIpc) is 3.25. The van der Waals surface area contributed by atoms with E-state index in [4.69, 9.17) is 4.98 Å². The van der Waals surface area contributed by atoms with Crippen LogP contribution in [0.5, 0.6) is 0 Å². The molecule has 0 radical (unpaired) electrons. The van der Waals surface area contributed by atoms with Crippen molar-refractivity contribution in [2.75, 3.05) is 29.9 Å². The van der Waals surface area contributed by atoms with Crippen LogP contribution in [0, 0.1) is 0 Å². The molecule has 1 aromatic heterocycles. The number of nitrogens with one attached hydrogen (secondary N) is 2. The Hall–Kier alpha value is -1.59. The second kappa shape index (κ2) is 7.79. The van der Waals surface area contributed by atoms with Gasteiger partial charge in [0, 0.05) is 35.9 Å². The van der Waals surface area contributed by atoms with Gasteiger partial charge in [0.25, 0.3) is 0 Å². The van der Waals surface area contributed by atoms with Crippen LogP contribution in [0.1, 0.15) is 44.8 Å². The maximum Gasteiger partial charge on any atom is 0.187 e. The predicted octanol–water partition coefficient (Wildman–Crippen LogP) is 4.55. The molecule has 2 aromatic rings. The molecule has 23 heavy (non-hydrogen) atoms. The van der Waals surface area contributed by atoms with Gasteiger partial charge in [-0.05, 0) is 57.0 Å². The van der Waals surface area contributed by atoms with Crippen LogP contribution in [0.4, 0.5) is 16.5 Å². The van der Waals surface area contributed by atoms with Gasteiger partial charge in [0.05, 0.1) is 5.69 Å². The van der Waals surface area contributed by atoms with E-state index in [1.54, 1.807) is 11.3 Å². The molecule has 1 aromatic carbocycles. The van der Waals surface area contributed by atoms with E-state index < -0.39 is 0 Å². The number of nitrogens with zero attached hydrogens (tertiary/aromatic N) is 2. The highest BCUT2D eigenvalue weighted by Gasteiger charge is 2.12. The Balaban J connectivity index is 1.59. The van der Waals surface area contributed by atoms with Crippen molar-refractivity contribution in [3.05, 3.63) is 35.3 Å². The largest absolute Gasteiger partial charge is 0.372 e. The van der Waals surface area contributed by atoms with Crippen LogP contribution in [0.15, 0.2) is 29.6 Å². The number of aromatic nitrogens is 1. The van der Waals surface area contributed by atoms with E-state index in [1.165, 1.54) is 31.6 Å². The quantitative estimate of drug-likeness (QED) is 0.781. The summed E-state index contributed by atoms with van der Waals surface area (Å²) in [5.74, 6) is 0. The minimum absolute atomic E-state index is 0.305. The Labute approximate surface area is 142 Å². The van der Waals surface area contributed by atoms with E-state index in [0.29, 0.717) is 6.04 Å².